The molecule has 0 saturated heterocycles. The Balaban J connectivity index is 2.32. The van der Waals surface area contributed by atoms with Crippen LogP contribution in [0.2, 0.25) is 0 Å². The zero-order valence-corrected chi connectivity index (χ0v) is 15.1. The van der Waals surface area contributed by atoms with Crippen molar-refractivity contribution < 1.29 is 8.42 Å². The molecule has 7 heteroatoms. The van der Waals surface area contributed by atoms with E-state index in [-0.39, 0.29) is 4.90 Å². The molecule has 0 heterocycles. The van der Waals surface area contributed by atoms with Gasteiger partial charge in [0.05, 0.1) is 10.6 Å². The number of anilines is 1. The first-order valence-corrected chi connectivity index (χ1v) is 9.38. The lowest BCUT2D eigenvalue weighted by molar-refractivity contribution is 0.601. The Hall–Kier alpha value is -1.49. The Morgan fingerprint density at radius 2 is 1.86 bits per heavy atom. The van der Waals surface area contributed by atoms with Crippen LogP contribution in [-0.4, -0.2) is 8.42 Å². The van der Waals surface area contributed by atoms with Gasteiger partial charge in [0, 0.05) is 9.37 Å². The molecule has 2 aromatic carbocycles. The van der Waals surface area contributed by atoms with Crippen LogP contribution in [0.4, 0.5) is 5.69 Å². The van der Waals surface area contributed by atoms with E-state index in [1.54, 1.807) is 43.3 Å². The maximum Gasteiger partial charge on any atom is 0.261 e. The molecule has 0 aliphatic heterocycles. The van der Waals surface area contributed by atoms with Crippen LogP contribution in [0.15, 0.2) is 50.7 Å². The van der Waals surface area contributed by atoms with Crippen LogP contribution in [0.3, 0.4) is 0 Å². The van der Waals surface area contributed by atoms with Crippen LogP contribution in [0, 0.1) is 24.5 Å². The molecule has 0 radical (unpaired) electrons. The first-order valence-electron chi connectivity index (χ1n) is 6.29. The third-order valence-corrected chi connectivity index (χ3v) is 5.88. The Morgan fingerprint density at radius 1 is 1.14 bits per heavy atom. The maximum absolute atomic E-state index is 12.4. The van der Waals surface area contributed by atoms with Crippen molar-refractivity contribution in [1.82, 2.24) is 0 Å². The third kappa shape index (κ3) is 3.83. The van der Waals surface area contributed by atoms with Crippen LogP contribution in [0.25, 0.3) is 0 Å². The van der Waals surface area contributed by atoms with Crippen LogP contribution in [-0.2, 0) is 10.0 Å². The van der Waals surface area contributed by atoms with E-state index in [1.165, 1.54) is 0 Å². The van der Waals surface area contributed by atoms with Crippen molar-refractivity contribution in [3.8, 4) is 5.40 Å². The molecule has 0 saturated carbocycles. The number of hydrogen-bond acceptors (Lipinski definition) is 4. The molecule has 0 atom stereocenters. The summed E-state index contributed by atoms with van der Waals surface area (Å²) >= 11 is 4.39. The quantitative estimate of drug-likeness (QED) is 0.612. The second-order valence-electron chi connectivity index (χ2n) is 4.69. The number of thiocyanates is 1. The van der Waals surface area contributed by atoms with E-state index in [9.17, 15) is 8.42 Å². The fraction of sp³-hybridized carbons (Fsp3) is 0.133. The van der Waals surface area contributed by atoms with Crippen molar-refractivity contribution >= 4 is 43.4 Å². The van der Waals surface area contributed by atoms with Gasteiger partial charge < -0.3 is 0 Å². The zero-order chi connectivity index (χ0) is 16.3. The molecule has 2 rings (SSSR count). The monoisotopic (exact) mass is 396 g/mol. The minimum atomic E-state index is -3.64. The van der Waals surface area contributed by atoms with Gasteiger partial charge in [-0.2, -0.15) is 5.26 Å². The second-order valence-corrected chi connectivity index (χ2v) is 8.08. The largest absolute Gasteiger partial charge is 0.279 e. The number of rotatable bonds is 4. The normalized spacial score (nSPS) is 11.0. The van der Waals surface area contributed by atoms with Crippen LogP contribution in [0.5, 0.6) is 0 Å². The summed E-state index contributed by atoms with van der Waals surface area (Å²) in [6.45, 7) is 3.63. The topological polar surface area (TPSA) is 70.0 Å². The fourth-order valence-electron chi connectivity index (χ4n) is 1.85. The van der Waals surface area contributed by atoms with Crippen LogP contribution >= 0.6 is 27.7 Å². The highest BCUT2D eigenvalue weighted by Gasteiger charge is 2.16. The predicted octanol–water partition coefficient (Wildman–Crippen LogP) is 4.44. The minimum absolute atomic E-state index is 0.211. The van der Waals surface area contributed by atoms with Gasteiger partial charge in [0.2, 0.25) is 0 Å². The number of halogens is 1. The number of thioether (sulfide) groups is 1. The molecule has 0 amide bonds. The number of hydrogen-bond donors (Lipinski definition) is 1. The summed E-state index contributed by atoms with van der Waals surface area (Å²) in [7, 11) is -3.64. The lowest BCUT2D eigenvalue weighted by atomic mass is 10.2. The second kappa shape index (κ2) is 6.73. The van der Waals surface area contributed by atoms with Crippen molar-refractivity contribution in [2.24, 2.45) is 0 Å². The average molecular weight is 397 g/mol. The van der Waals surface area contributed by atoms with Gasteiger partial charge >= 0.3 is 0 Å². The predicted molar refractivity (Wildman–Crippen MR) is 92.3 cm³/mol. The van der Waals surface area contributed by atoms with Crippen LogP contribution in [0.1, 0.15) is 11.1 Å². The summed E-state index contributed by atoms with van der Waals surface area (Å²) in [5.74, 6) is 0. The summed E-state index contributed by atoms with van der Waals surface area (Å²) in [5.41, 5.74) is 2.11. The molecule has 2 aromatic rings. The first kappa shape index (κ1) is 16.9. The summed E-state index contributed by atoms with van der Waals surface area (Å²) in [6.07, 6.45) is 0. The molecular weight excluding hydrogens is 384 g/mol. The van der Waals surface area contributed by atoms with Gasteiger partial charge in [0.25, 0.3) is 10.0 Å². The Labute approximate surface area is 142 Å². The lowest BCUT2D eigenvalue weighted by Gasteiger charge is -2.12. The molecule has 0 aliphatic carbocycles. The number of nitrogens with one attached hydrogen (secondary N) is 1. The summed E-state index contributed by atoms with van der Waals surface area (Å²) in [6, 6.07) is 10.0. The standard InChI is InChI=1S/C15H13BrN2O2S2/c1-10-8-13(4-5-14(10)16)22(19,20)18-15-6-3-12(21-9-17)7-11(15)2/h3-8,18H,1-2H3. The van der Waals surface area contributed by atoms with E-state index >= 15 is 0 Å². The Morgan fingerprint density at radius 3 is 2.45 bits per heavy atom. The molecule has 0 fully saturated rings. The van der Waals surface area contributed by atoms with Crippen molar-refractivity contribution in [2.45, 2.75) is 23.6 Å². The van der Waals surface area contributed by atoms with Gasteiger partial charge in [-0.15, -0.1) is 0 Å². The highest BCUT2D eigenvalue weighted by atomic mass is 79.9. The molecule has 22 heavy (non-hydrogen) atoms. The van der Waals surface area contributed by atoms with Crippen LogP contribution < -0.4 is 4.72 Å². The number of aryl methyl sites for hydroxylation is 2. The van der Waals surface area contributed by atoms with Gasteiger partial charge in [-0.3, -0.25) is 4.72 Å². The molecule has 114 valence electrons. The Bertz CT molecular complexity index is 858. The van der Waals surface area contributed by atoms with E-state index < -0.39 is 10.0 Å². The Kier molecular flexibility index (Phi) is 5.16. The lowest BCUT2D eigenvalue weighted by Crippen LogP contribution is -2.14. The van der Waals surface area contributed by atoms with Gasteiger partial charge in [0.15, 0.2) is 0 Å². The van der Waals surface area contributed by atoms with Crippen molar-refractivity contribution in [3.63, 3.8) is 0 Å². The fourth-order valence-corrected chi connectivity index (χ4v) is 3.79. The highest BCUT2D eigenvalue weighted by Crippen LogP contribution is 2.26. The first-order chi connectivity index (χ1) is 10.3. The maximum atomic E-state index is 12.4. The summed E-state index contributed by atoms with van der Waals surface area (Å²) < 4.78 is 28.3. The SMILES string of the molecule is Cc1cc(S(=O)(=O)Nc2ccc(SC#N)cc2C)ccc1Br. The smallest absolute Gasteiger partial charge is 0.261 e. The molecule has 0 bridgehead atoms. The number of nitrogens with zero attached hydrogens (tertiary/aromatic N) is 1. The number of nitriles is 1. The average Bonchev–Trinajstić information content (AvgIpc) is 2.45. The molecule has 0 spiro atoms. The molecule has 1 N–H and O–H groups in total. The summed E-state index contributed by atoms with van der Waals surface area (Å²) in [4.78, 5) is 0.991. The van der Waals surface area contributed by atoms with Gasteiger partial charge in [-0.25, -0.2) is 8.42 Å². The van der Waals surface area contributed by atoms with Crippen molar-refractivity contribution in [2.75, 3.05) is 4.72 Å². The van der Waals surface area contributed by atoms with E-state index in [2.05, 4.69) is 20.7 Å². The van der Waals surface area contributed by atoms with E-state index in [1.807, 2.05) is 12.3 Å². The van der Waals surface area contributed by atoms with Gasteiger partial charge in [-0.05, 0) is 73.1 Å². The number of benzene rings is 2. The molecule has 0 unspecified atom stereocenters. The van der Waals surface area contributed by atoms with Crippen molar-refractivity contribution in [3.05, 3.63) is 52.0 Å². The third-order valence-electron chi connectivity index (χ3n) is 3.05. The van der Waals surface area contributed by atoms with E-state index in [0.29, 0.717) is 5.69 Å². The highest BCUT2D eigenvalue weighted by molar-refractivity contribution is 9.10. The molecule has 4 nitrogen and oxygen atoms in total. The van der Waals surface area contributed by atoms with E-state index in [0.717, 1.165) is 32.3 Å². The van der Waals surface area contributed by atoms with Gasteiger partial charge in [-0.1, -0.05) is 15.9 Å². The molecule has 0 aliphatic rings. The van der Waals surface area contributed by atoms with E-state index in [4.69, 9.17) is 5.26 Å². The zero-order valence-electron chi connectivity index (χ0n) is 11.9. The molecule has 0 aromatic heterocycles. The number of sulfonamides is 1. The van der Waals surface area contributed by atoms with Crippen molar-refractivity contribution in [1.29, 1.82) is 5.26 Å². The van der Waals surface area contributed by atoms with Gasteiger partial charge in [0.1, 0.15) is 5.40 Å². The minimum Gasteiger partial charge on any atom is -0.279 e. The summed E-state index contributed by atoms with van der Waals surface area (Å²) in [5, 5.41) is 10.7. The molecular formula is C15H13BrN2O2S2.